The second kappa shape index (κ2) is 10.5. The van der Waals surface area contributed by atoms with Crippen molar-refractivity contribution in [3.05, 3.63) is 58.7 Å². The van der Waals surface area contributed by atoms with Gasteiger partial charge in [-0.15, -0.1) is 0 Å². The number of aryl methyl sites for hydroxylation is 1. The van der Waals surface area contributed by atoms with Crippen LogP contribution in [0.15, 0.2) is 42.6 Å². The Balaban J connectivity index is 1.29. The second-order valence-corrected chi connectivity index (χ2v) is 9.05. The van der Waals surface area contributed by atoms with Crippen LogP contribution in [0, 0.1) is 5.92 Å². The van der Waals surface area contributed by atoms with Gasteiger partial charge in [0.2, 0.25) is 5.91 Å². The smallest absolute Gasteiger partial charge is 0.223 e. The first kappa shape index (κ1) is 23.5. The number of carbonyl (C=O) groups is 1. The summed E-state index contributed by atoms with van der Waals surface area (Å²) in [6.07, 6.45) is 3.92. The van der Waals surface area contributed by atoms with Crippen LogP contribution in [-0.2, 0) is 24.9 Å². The molecule has 0 unspecified atom stereocenters. The molecule has 6 nitrogen and oxygen atoms in total. The Morgan fingerprint density at radius 3 is 2.67 bits per heavy atom. The molecule has 0 saturated carbocycles. The summed E-state index contributed by atoms with van der Waals surface area (Å²) >= 11 is 6.23. The Labute approximate surface area is 200 Å². The van der Waals surface area contributed by atoms with Crippen molar-refractivity contribution in [3.8, 4) is 11.5 Å². The van der Waals surface area contributed by atoms with Gasteiger partial charge in [0.1, 0.15) is 0 Å². The van der Waals surface area contributed by atoms with Crippen LogP contribution in [0.25, 0.3) is 10.9 Å². The fourth-order valence-corrected chi connectivity index (χ4v) is 4.77. The van der Waals surface area contributed by atoms with Gasteiger partial charge in [0.25, 0.3) is 0 Å². The number of hydrogen-bond donors (Lipinski definition) is 1. The van der Waals surface area contributed by atoms with E-state index in [0.717, 1.165) is 48.8 Å². The molecule has 2 heterocycles. The number of hydrogen-bond acceptors (Lipinski definition) is 4. The molecule has 1 aromatic heterocycles. The number of methoxy groups -OCH3 is 1. The number of nitrogens with one attached hydrogen (secondary N) is 1. The number of rotatable bonds is 8. The first-order chi connectivity index (χ1) is 16.0. The number of fused-ring (bicyclic) bond motifs is 1. The predicted molar refractivity (Wildman–Crippen MR) is 132 cm³/mol. The molecule has 1 aliphatic heterocycles. The van der Waals surface area contributed by atoms with E-state index in [0.29, 0.717) is 18.9 Å². The molecule has 0 atom stereocenters. The highest BCUT2D eigenvalue weighted by atomic mass is 35.5. The zero-order chi connectivity index (χ0) is 23.4. The number of ether oxygens (including phenoxy) is 2. The third-order valence-corrected chi connectivity index (χ3v) is 6.62. The molecule has 2 aromatic carbocycles. The van der Waals surface area contributed by atoms with Gasteiger partial charge in [-0.2, -0.15) is 0 Å². The number of piperidine rings is 1. The van der Waals surface area contributed by atoms with Crippen molar-refractivity contribution in [3.63, 3.8) is 0 Å². The standard InChI is InChI=1S/C26H32ClN3O3/c1-4-33-24-8-5-18(13-25(24)32-3)15-28-26(31)19-9-11-30(12-10-19)17-20-16-29(2)23-7-6-21(27)14-22(20)23/h5-8,13-14,16,19H,4,9-12,15,17H2,1-3H3,(H,28,31). The molecule has 3 aromatic rings. The molecule has 0 radical (unpaired) electrons. The summed E-state index contributed by atoms with van der Waals surface area (Å²) in [6, 6.07) is 11.8. The molecule has 1 saturated heterocycles. The maximum absolute atomic E-state index is 12.8. The van der Waals surface area contributed by atoms with Gasteiger partial charge in [-0.1, -0.05) is 17.7 Å². The summed E-state index contributed by atoms with van der Waals surface area (Å²) in [6.45, 7) is 5.70. The van der Waals surface area contributed by atoms with Crippen LogP contribution >= 0.6 is 11.6 Å². The minimum Gasteiger partial charge on any atom is -0.493 e. The minimum absolute atomic E-state index is 0.0489. The number of carbonyl (C=O) groups excluding carboxylic acids is 1. The summed E-state index contributed by atoms with van der Waals surface area (Å²) in [5, 5.41) is 5.06. The fraction of sp³-hybridized carbons (Fsp3) is 0.423. The molecule has 0 aliphatic carbocycles. The van der Waals surface area contributed by atoms with Crippen LogP contribution in [0.3, 0.4) is 0 Å². The molecule has 1 fully saturated rings. The minimum atomic E-state index is 0.0489. The number of aromatic nitrogens is 1. The average molecular weight is 470 g/mol. The Morgan fingerprint density at radius 1 is 1.15 bits per heavy atom. The maximum Gasteiger partial charge on any atom is 0.223 e. The van der Waals surface area contributed by atoms with E-state index >= 15 is 0 Å². The van der Waals surface area contributed by atoms with Crippen molar-refractivity contribution < 1.29 is 14.3 Å². The van der Waals surface area contributed by atoms with Crippen molar-refractivity contribution in [2.24, 2.45) is 13.0 Å². The van der Waals surface area contributed by atoms with Crippen molar-refractivity contribution >= 4 is 28.4 Å². The molecule has 33 heavy (non-hydrogen) atoms. The van der Waals surface area contributed by atoms with Crippen molar-refractivity contribution in [2.75, 3.05) is 26.8 Å². The Bertz CT molecular complexity index is 1120. The lowest BCUT2D eigenvalue weighted by Gasteiger charge is -2.31. The number of benzene rings is 2. The van der Waals surface area contributed by atoms with Crippen LogP contribution in [-0.4, -0.2) is 42.2 Å². The van der Waals surface area contributed by atoms with Gasteiger partial charge >= 0.3 is 0 Å². The van der Waals surface area contributed by atoms with E-state index in [1.54, 1.807) is 7.11 Å². The molecule has 176 valence electrons. The Kier molecular flexibility index (Phi) is 7.46. The largest absolute Gasteiger partial charge is 0.493 e. The first-order valence-electron chi connectivity index (χ1n) is 11.5. The summed E-state index contributed by atoms with van der Waals surface area (Å²) in [4.78, 5) is 15.2. The highest BCUT2D eigenvalue weighted by Crippen LogP contribution is 2.29. The highest BCUT2D eigenvalue weighted by Gasteiger charge is 2.25. The van der Waals surface area contributed by atoms with E-state index in [4.69, 9.17) is 21.1 Å². The lowest BCUT2D eigenvalue weighted by atomic mass is 9.95. The Hall–Kier alpha value is -2.70. The summed E-state index contributed by atoms with van der Waals surface area (Å²) in [5.74, 6) is 1.58. The predicted octanol–water partition coefficient (Wildman–Crippen LogP) is 4.77. The van der Waals surface area contributed by atoms with Gasteiger partial charge in [0.05, 0.1) is 13.7 Å². The topological polar surface area (TPSA) is 55.7 Å². The third-order valence-electron chi connectivity index (χ3n) is 6.38. The molecule has 1 amide bonds. The van der Waals surface area contributed by atoms with Gasteiger partial charge in [0, 0.05) is 48.2 Å². The van der Waals surface area contributed by atoms with Gasteiger partial charge in [-0.05, 0) is 74.3 Å². The summed E-state index contributed by atoms with van der Waals surface area (Å²) < 4.78 is 13.1. The monoisotopic (exact) mass is 469 g/mol. The van der Waals surface area contributed by atoms with Gasteiger partial charge < -0.3 is 19.4 Å². The Morgan fingerprint density at radius 2 is 1.94 bits per heavy atom. The van der Waals surface area contributed by atoms with Crippen molar-refractivity contribution in [1.29, 1.82) is 0 Å². The molecule has 1 N–H and O–H groups in total. The quantitative estimate of drug-likeness (QED) is 0.516. The highest BCUT2D eigenvalue weighted by molar-refractivity contribution is 6.31. The van der Waals surface area contributed by atoms with E-state index in [2.05, 4.69) is 34.1 Å². The van der Waals surface area contributed by atoms with E-state index in [9.17, 15) is 4.79 Å². The van der Waals surface area contributed by atoms with E-state index in [-0.39, 0.29) is 11.8 Å². The molecular weight excluding hydrogens is 438 g/mol. The lowest BCUT2D eigenvalue weighted by Crippen LogP contribution is -2.40. The third kappa shape index (κ3) is 5.45. The second-order valence-electron chi connectivity index (χ2n) is 8.61. The van der Waals surface area contributed by atoms with E-state index in [1.807, 2.05) is 37.3 Å². The van der Waals surface area contributed by atoms with Crippen LogP contribution < -0.4 is 14.8 Å². The van der Waals surface area contributed by atoms with Crippen molar-refractivity contribution in [1.82, 2.24) is 14.8 Å². The zero-order valence-electron chi connectivity index (χ0n) is 19.6. The van der Waals surface area contributed by atoms with Gasteiger partial charge in [-0.25, -0.2) is 0 Å². The zero-order valence-corrected chi connectivity index (χ0v) is 20.3. The van der Waals surface area contributed by atoms with Crippen LogP contribution in [0.5, 0.6) is 11.5 Å². The number of likely N-dealkylation sites (tertiary alicyclic amines) is 1. The number of amides is 1. The lowest BCUT2D eigenvalue weighted by molar-refractivity contribution is -0.126. The first-order valence-corrected chi connectivity index (χ1v) is 11.9. The number of halogens is 1. The maximum atomic E-state index is 12.8. The van der Waals surface area contributed by atoms with Crippen LogP contribution in [0.4, 0.5) is 0 Å². The van der Waals surface area contributed by atoms with Gasteiger partial charge in [0.15, 0.2) is 11.5 Å². The molecule has 1 aliphatic rings. The van der Waals surface area contributed by atoms with E-state index < -0.39 is 0 Å². The number of nitrogens with zero attached hydrogens (tertiary/aromatic N) is 2. The average Bonchev–Trinajstić information content (AvgIpc) is 3.12. The van der Waals surface area contributed by atoms with Crippen LogP contribution in [0.2, 0.25) is 5.02 Å². The van der Waals surface area contributed by atoms with Crippen LogP contribution in [0.1, 0.15) is 30.9 Å². The van der Waals surface area contributed by atoms with Gasteiger partial charge in [-0.3, -0.25) is 9.69 Å². The molecule has 0 spiro atoms. The SMILES string of the molecule is CCOc1ccc(CNC(=O)C2CCN(Cc3cn(C)c4ccc(Cl)cc34)CC2)cc1OC. The molecule has 0 bridgehead atoms. The van der Waals surface area contributed by atoms with Crippen molar-refractivity contribution in [2.45, 2.75) is 32.9 Å². The molecule has 4 rings (SSSR count). The summed E-state index contributed by atoms with van der Waals surface area (Å²) in [7, 11) is 3.69. The molecule has 7 heteroatoms. The fourth-order valence-electron chi connectivity index (χ4n) is 4.60. The summed E-state index contributed by atoms with van der Waals surface area (Å²) in [5.41, 5.74) is 3.47. The molecular formula is C26H32ClN3O3. The van der Waals surface area contributed by atoms with E-state index in [1.165, 1.54) is 16.5 Å². The normalized spacial score (nSPS) is 15.0.